The number of aryl methyl sites for hydroxylation is 1. The second-order valence-electron chi connectivity index (χ2n) is 6.43. The van der Waals surface area contributed by atoms with Gasteiger partial charge in [0.2, 0.25) is 5.75 Å². The molecule has 0 fully saturated rings. The van der Waals surface area contributed by atoms with Gasteiger partial charge in [0.1, 0.15) is 5.75 Å². The lowest BCUT2D eigenvalue weighted by Gasteiger charge is -2.13. The summed E-state index contributed by atoms with van der Waals surface area (Å²) in [5.41, 5.74) is -0.0536. The van der Waals surface area contributed by atoms with Crippen LogP contribution in [0.3, 0.4) is 0 Å². The van der Waals surface area contributed by atoms with E-state index in [0.717, 1.165) is 12.8 Å². The molecule has 0 amide bonds. The summed E-state index contributed by atoms with van der Waals surface area (Å²) in [5, 5.41) is 10.7. The van der Waals surface area contributed by atoms with Gasteiger partial charge in [-0.3, -0.25) is 9.59 Å². The maximum atomic E-state index is 12.3. The fraction of sp³-hybridized carbons (Fsp3) is 0.500. The highest BCUT2D eigenvalue weighted by molar-refractivity contribution is 5.89. The van der Waals surface area contributed by atoms with Crippen LogP contribution in [-0.4, -0.2) is 22.2 Å². The van der Waals surface area contributed by atoms with Crippen molar-refractivity contribution in [1.29, 1.82) is 0 Å². The zero-order chi connectivity index (χ0) is 19.1. The van der Waals surface area contributed by atoms with Crippen molar-refractivity contribution in [2.75, 3.05) is 6.61 Å². The summed E-state index contributed by atoms with van der Waals surface area (Å²) in [7, 11) is 1.56. The number of pyridine rings is 1. The lowest BCUT2D eigenvalue weighted by atomic mass is 10.1. The molecule has 6 nitrogen and oxygen atoms in total. The number of hydrogen-bond acceptors (Lipinski definition) is 5. The molecule has 2 rings (SSSR count). The van der Waals surface area contributed by atoms with E-state index in [4.69, 9.17) is 9.47 Å². The predicted molar refractivity (Wildman–Crippen MR) is 101 cm³/mol. The quantitative estimate of drug-likeness (QED) is 0.541. The lowest BCUT2D eigenvalue weighted by molar-refractivity contribution is -0.132. The highest BCUT2D eigenvalue weighted by Gasteiger charge is 2.18. The van der Waals surface area contributed by atoms with E-state index in [2.05, 4.69) is 6.92 Å². The zero-order valence-corrected chi connectivity index (χ0v) is 15.7. The molecular weight excluding hydrogens is 334 g/mol. The van der Waals surface area contributed by atoms with Gasteiger partial charge in [-0.1, -0.05) is 39.0 Å². The third-order valence-corrected chi connectivity index (χ3v) is 4.31. The number of nitrogens with zero attached hydrogens (tertiary/aromatic N) is 1. The number of hydrogen-bond donors (Lipinski definition) is 1. The van der Waals surface area contributed by atoms with Crippen molar-refractivity contribution in [2.24, 2.45) is 7.05 Å². The number of aromatic hydroxyl groups is 1. The molecule has 0 spiro atoms. The molecule has 0 aliphatic carbocycles. The number of fused-ring (bicyclic) bond motifs is 1. The third-order valence-electron chi connectivity index (χ3n) is 4.31. The molecule has 0 atom stereocenters. The van der Waals surface area contributed by atoms with Crippen molar-refractivity contribution in [3.8, 4) is 17.2 Å². The van der Waals surface area contributed by atoms with E-state index in [9.17, 15) is 14.7 Å². The number of ether oxygens (including phenoxy) is 2. The summed E-state index contributed by atoms with van der Waals surface area (Å²) in [6.07, 6.45) is 7.11. The lowest BCUT2D eigenvalue weighted by Crippen LogP contribution is -2.21. The first-order valence-corrected chi connectivity index (χ1v) is 9.12. The monoisotopic (exact) mass is 361 g/mol. The molecule has 1 N–H and O–H groups in total. The summed E-state index contributed by atoms with van der Waals surface area (Å²) < 4.78 is 12.0. The first kappa shape index (κ1) is 19.8. The van der Waals surface area contributed by atoms with Crippen LogP contribution in [0.1, 0.15) is 52.4 Å². The maximum Gasteiger partial charge on any atom is 0.308 e. The Morgan fingerprint density at radius 1 is 1.15 bits per heavy atom. The van der Waals surface area contributed by atoms with Gasteiger partial charge in [0.15, 0.2) is 5.75 Å². The van der Waals surface area contributed by atoms with Gasteiger partial charge in [0.25, 0.3) is 5.56 Å². The molecule has 1 aromatic heterocycles. The predicted octanol–water partition coefficient (Wildman–Crippen LogP) is 3.91. The van der Waals surface area contributed by atoms with Gasteiger partial charge in [-0.05, 0) is 18.6 Å². The molecule has 0 unspecified atom stereocenters. The number of rotatable bonds is 9. The van der Waals surface area contributed by atoms with Crippen LogP contribution in [-0.2, 0) is 11.8 Å². The normalized spacial score (nSPS) is 10.9. The first-order valence-electron chi connectivity index (χ1n) is 9.12. The second-order valence-corrected chi connectivity index (χ2v) is 6.43. The smallest absolute Gasteiger partial charge is 0.308 e. The highest BCUT2D eigenvalue weighted by atomic mass is 16.5. The van der Waals surface area contributed by atoms with Crippen LogP contribution in [0.4, 0.5) is 0 Å². The van der Waals surface area contributed by atoms with Crippen molar-refractivity contribution in [1.82, 2.24) is 4.57 Å². The molecule has 142 valence electrons. The van der Waals surface area contributed by atoms with Gasteiger partial charge in [0, 0.05) is 25.4 Å². The Morgan fingerprint density at radius 2 is 1.85 bits per heavy atom. The Labute approximate surface area is 153 Å². The molecule has 6 heteroatoms. The van der Waals surface area contributed by atoms with E-state index in [0.29, 0.717) is 23.3 Å². The number of carbonyl (C=O) groups is 1. The maximum absolute atomic E-state index is 12.3. The second kappa shape index (κ2) is 9.27. The molecule has 0 bridgehead atoms. The van der Waals surface area contributed by atoms with Crippen LogP contribution in [0.2, 0.25) is 0 Å². The Hall–Kier alpha value is -2.50. The standard InChI is InChI=1S/C20H27NO5/c1-4-5-6-7-8-9-12-25-15-10-11-16-17(13-15)21(3)20(24)19(18(16)23)26-14(2)22/h10-11,13,23H,4-9,12H2,1-3H3. The minimum Gasteiger partial charge on any atom is -0.504 e. The van der Waals surface area contributed by atoms with Gasteiger partial charge in [0.05, 0.1) is 12.1 Å². The summed E-state index contributed by atoms with van der Waals surface area (Å²) in [6, 6.07) is 5.11. The number of benzene rings is 1. The number of unbranched alkanes of at least 4 members (excludes halogenated alkanes) is 5. The number of carbonyl (C=O) groups excluding carboxylic acids is 1. The summed E-state index contributed by atoms with van der Waals surface area (Å²) in [4.78, 5) is 23.5. The van der Waals surface area contributed by atoms with Crippen molar-refractivity contribution in [3.05, 3.63) is 28.6 Å². The molecule has 0 saturated heterocycles. The van der Waals surface area contributed by atoms with Crippen molar-refractivity contribution < 1.29 is 19.4 Å². The van der Waals surface area contributed by atoms with Crippen LogP contribution in [0.25, 0.3) is 10.9 Å². The van der Waals surface area contributed by atoms with Gasteiger partial charge in [-0.15, -0.1) is 0 Å². The average Bonchev–Trinajstić information content (AvgIpc) is 2.62. The van der Waals surface area contributed by atoms with Crippen LogP contribution < -0.4 is 15.0 Å². The Balaban J connectivity index is 2.12. The minimum atomic E-state index is -0.657. The van der Waals surface area contributed by atoms with E-state index < -0.39 is 11.5 Å². The van der Waals surface area contributed by atoms with Gasteiger partial charge in [-0.2, -0.15) is 0 Å². The molecule has 0 radical (unpaired) electrons. The average molecular weight is 361 g/mol. The summed E-state index contributed by atoms with van der Waals surface area (Å²) >= 11 is 0. The van der Waals surface area contributed by atoms with Crippen LogP contribution in [0.15, 0.2) is 23.0 Å². The number of aromatic nitrogens is 1. The number of esters is 1. The SMILES string of the molecule is CCCCCCCCOc1ccc2c(O)c(OC(C)=O)c(=O)n(C)c2c1. The van der Waals surface area contributed by atoms with E-state index >= 15 is 0 Å². The van der Waals surface area contributed by atoms with Crippen molar-refractivity contribution in [2.45, 2.75) is 52.4 Å². The van der Waals surface area contributed by atoms with Gasteiger partial charge in [-0.25, -0.2) is 0 Å². The highest BCUT2D eigenvalue weighted by Crippen LogP contribution is 2.33. The minimum absolute atomic E-state index is 0.333. The molecule has 0 saturated carbocycles. The van der Waals surface area contributed by atoms with Gasteiger partial charge >= 0.3 is 5.97 Å². The first-order chi connectivity index (χ1) is 12.5. The van der Waals surface area contributed by atoms with Crippen LogP contribution in [0.5, 0.6) is 17.2 Å². The Kier molecular flexibility index (Phi) is 7.06. The summed E-state index contributed by atoms with van der Waals surface area (Å²) in [5.74, 6) is -0.703. The van der Waals surface area contributed by atoms with E-state index in [1.165, 1.54) is 37.2 Å². The molecule has 2 aromatic rings. The molecule has 26 heavy (non-hydrogen) atoms. The molecule has 0 aliphatic heterocycles. The largest absolute Gasteiger partial charge is 0.504 e. The van der Waals surface area contributed by atoms with E-state index in [-0.39, 0.29) is 11.5 Å². The fourth-order valence-corrected chi connectivity index (χ4v) is 2.87. The van der Waals surface area contributed by atoms with Crippen molar-refractivity contribution in [3.63, 3.8) is 0 Å². The van der Waals surface area contributed by atoms with Crippen molar-refractivity contribution >= 4 is 16.9 Å². The molecule has 1 aromatic carbocycles. The van der Waals surface area contributed by atoms with E-state index in [1.54, 1.807) is 25.2 Å². The third kappa shape index (κ3) is 4.77. The van der Waals surface area contributed by atoms with Gasteiger partial charge < -0.3 is 19.1 Å². The van der Waals surface area contributed by atoms with Crippen LogP contribution in [0, 0.1) is 0 Å². The Bertz CT molecular complexity index is 825. The molecule has 0 aliphatic rings. The zero-order valence-electron chi connectivity index (χ0n) is 15.7. The molecule has 1 heterocycles. The Morgan fingerprint density at radius 3 is 2.54 bits per heavy atom. The van der Waals surface area contributed by atoms with Crippen LogP contribution >= 0.6 is 0 Å². The fourth-order valence-electron chi connectivity index (χ4n) is 2.87. The molecular formula is C20H27NO5. The van der Waals surface area contributed by atoms with E-state index in [1.807, 2.05) is 0 Å². The topological polar surface area (TPSA) is 77.8 Å². The summed E-state index contributed by atoms with van der Waals surface area (Å²) in [6.45, 7) is 3.99.